The number of benzene rings is 1. The summed E-state index contributed by atoms with van der Waals surface area (Å²) < 4.78 is 0. The van der Waals surface area contributed by atoms with Gasteiger partial charge in [0.25, 0.3) is 0 Å². The predicted octanol–water partition coefficient (Wildman–Crippen LogP) is 2.43. The molecule has 0 radical (unpaired) electrons. The standard InChI is InChI=1S/C17H19ClN4O/c1-12-10-15(11-22-8-6-16(23)19-7-9-22)21-17(20-12)13-2-4-14(18)5-3-13/h2-5,10H,6-9,11H2,1H3,(H,19,23). The number of aromatic nitrogens is 2. The fraction of sp³-hybridized carbons (Fsp3) is 0.353. The van der Waals surface area contributed by atoms with E-state index in [2.05, 4.69) is 20.2 Å². The second-order valence-corrected chi connectivity index (χ2v) is 6.14. The minimum absolute atomic E-state index is 0.119. The monoisotopic (exact) mass is 330 g/mol. The Morgan fingerprint density at radius 2 is 2.00 bits per heavy atom. The quantitative estimate of drug-likeness (QED) is 0.939. The van der Waals surface area contributed by atoms with Crippen LogP contribution in [0.25, 0.3) is 11.4 Å². The highest BCUT2D eigenvalue weighted by Crippen LogP contribution is 2.19. The molecule has 1 amide bonds. The molecule has 0 bridgehead atoms. The molecule has 3 rings (SSSR count). The molecule has 1 aliphatic rings. The zero-order valence-electron chi connectivity index (χ0n) is 13.1. The van der Waals surface area contributed by atoms with E-state index in [9.17, 15) is 4.79 Å². The van der Waals surface area contributed by atoms with Gasteiger partial charge in [0, 0.05) is 48.9 Å². The summed E-state index contributed by atoms with van der Waals surface area (Å²) in [6.07, 6.45) is 0.536. The minimum atomic E-state index is 0.119. The summed E-state index contributed by atoms with van der Waals surface area (Å²) in [6, 6.07) is 9.53. The van der Waals surface area contributed by atoms with Crippen molar-refractivity contribution in [3.8, 4) is 11.4 Å². The molecule has 1 N–H and O–H groups in total. The molecule has 5 nitrogen and oxygen atoms in total. The predicted molar refractivity (Wildman–Crippen MR) is 90.1 cm³/mol. The molecule has 2 aromatic rings. The number of nitrogens with one attached hydrogen (secondary N) is 1. The van der Waals surface area contributed by atoms with E-state index in [-0.39, 0.29) is 5.91 Å². The van der Waals surface area contributed by atoms with Gasteiger partial charge in [-0.25, -0.2) is 9.97 Å². The van der Waals surface area contributed by atoms with Gasteiger partial charge in [0.2, 0.25) is 5.91 Å². The van der Waals surface area contributed by atoms with E-state index in [1.54, 1.807) is 0 Å². The van der Waals surface area contributed by atoms with Gasteiger partial charge in [0.15, 0.2) is 5.82 Å². The van der Waals surface area contributed by atoms with Crippen LogP contribution >= 0.6 is 11.6 Å². The molecule has 120 valence electrons. The van der Waals surface area contributed by atoms with Crippen molar-refractivity contribution in [3.05, 3.63) is 46.7 Å². The average molecular weight is 331 g/mol. The van der Waals surface area contributed by atoms with Gasteiger partial charge < -0.3 is 5.32 Å². The summed E-state index contributed by atoms with van der Waals surface area (Å²) in [7, 11) is 0. The molecule has 2 heterocycles. The van der Waals surface area contributed by atoms with Gasteiger partial charge in [-0.05, 0) is 37.3 Å². The highest BCUT2D eigenvalue weighted by atomic mass is 35.5. The zero-order chi connectivity index (χ0) is 16.2. The van der Waals surface area contributed by atoms with E-state index < -0.39 is 0 Å². The number of nitrogens with zero attached hydrogens (tertiary/aromatic N) is 3. The van der Waals surface area contributed by atoms with Crippen molar-refractivity contribution in [2.45, 2.75) is 19.9 Å². The summed E-state index contributed by atoms with van der Waals surface area (Å²) in [5.74, 6) is 0.828. The van der Waals surface area contributed by atoms with E-state index >= 15 is 0 Å². The van der Waals surface area contributed by atoms with Gasteiger partial charge in [0.05, 0.1) is 5.69 Å². The second kappa shape index (κ2) is 7.06. The third-order valence-corrected chi connectivity index (χ3v) is 4.05. The molecule has 0 atom stereocenters. The molecule has 0 spiro atoms. The highest BCUT2D eigenvalue weighted by Gasteiger charge is 2.15. The van der Waals surface area contributed by atoms with Gasteiger partial charge in [-0.15, -0.1) is 0 Å². The third-order valence-electron chi connectivity index (χ3n) is 3.80. The van der Waals surface area contributed by atoms with Crippen LogP contribution in [0.5, 0.6) is 0 Å². The number of rotatable bonds is 3. The van der Waals surface area contributed by atoms with Crippen LogP contribution < -0.4 is 5.32 Å². The van der Waals surface area contributed by atoms with Gasteiger partial charge in [0.1, 0.15) is 0 Å². The Balaban J connectivity index is 1.80. The van der Waals surface area contributed by atoms with E-state index in [1.165, 1.54) is 0 Å². The van der Waals surface area contributed by atoms with Crippen molar-refractivity contribution in [3.63, 3.8) is 0 Å². The Morgan fingerprint density at radius 1 is 1.22 bits per heavy atom. The molecular weight excluding hydrogens is 312 g/mol. The van der Waals surface area contributed by atoms with Crippen LogP contribution in [-0.4, -0.2) is 40.4 Å². The number of hydrogen-bond donors (Lipinski definition) is 1. The van der Waals surface area contributed by atoms with Crippen molar-refractivity contribution >= 4 is 17.5 Å². The number of aryl methyl sites for hydroxylation is 1. The van der Waals surface area contributed by atoms with Crippen molar-refractivity contribution in [1.29, 1.82) is 0 Å². The molecular formula is C17H19ClN4O. The first-order valence-corrected chi connectivity index (χ1v) is 8.07. The van der Waals surface area contributed by atoms with Gasteiger partial charge in [-0.3, -0.25) is 9.69 Å². The lowest BCUT2D eigenvalue weighted by Gasteiger charge is -2.18. The molecule has 1 aliphatic heterocycles. The number of hydrogen-bond acceptors (Lipinski definition) is 4. The molecule has 1 saturated heterocycles. The summed E-state index contributed by atoms with van der Waals surface area (Å²) in [5, 5.41) is 3.59. The van der Waals surface area contributed by atoms with Crippen LogP contribution in [0, 0.1) is 6.92 Å². The smallest absolute Gasteiger partial charge is 0.221 e. The molecule has 0 saturated carbocycles. The maximum absolute atomic E-state index is 11.4. The molecule has 6 heteroatoms. The third kappa shape index (κ3) is 4.27. The van der Waals surface area contributed by atoms with Crippen molar-refractivity contribution in [2.24, 2.45) is 0 Å². The molecule has 1 fully saturated rings. The van der Waals surface area contributed by atoms with Crippen LogP contribution in [0.4, 0.5) is 0 Å². The van der Waals surface area contributed by atoms with Crippen LogP contribution in [-0.2, 0) is 11.3 Å². The van der Waals surface area contributed by atoms with Crippen LogP contribution in [0.15, 0.2) is 30.3 Å². The fourth-order valence-electron chi connectivity index (χ4n) is 2.64. The summed E-state index contributed by atoms with van der Waals surface area (Å²) in [4.78, 5) is 22.9. The molecule has 23 heavy (non-hydrogen) atoms. The van der Waals surface area contributed by atoms with Crippen LogP contribution in [0.1, 0.15) is 17.8 Å². The minimum Gasteiger partial charge on any atom is -0.355 e. The maximum Gasteiger partial charge on any atom is 0.221 e. The van der Waals surface area contributed by atoms with Crippen LogP contribution in [0.3, 0.4) is 0 Å². The maximum atomic E-state index is 11.4. The van der Waals surface area contributed by atoms with Crippen LogP contribution in [0.2, 0.25) is 5.02 Å². The molecule has 0 unspecified atom stereocenters. The van der Waals surface area contributed by atoms with E-state index in [0.717, 1.165) is 36.6 Å². The summed E-state index contributed by atoms with van der Waals surface area (Å²) in [6.45, 7) is 4.97. The first kappa shape index (κ1) is 15.9. The Morgan fingerprint density at radius 3 is 2.78 bits per heavy atom. The first-order valence-electron chi connectivity index (χ1n) is 7.70. The van der Waals surface area contributed by atoms with Gasteiger partial charge in [-0.1, -0.05) is 11.6 Å². The second-order valence-electron chi connectivity index (χ2n) is 5.71. The first-order chi connectivity index (χ1) is 11.1. The van der Waals surface area contributed by atoms with E-state index in [4.69, 9.17) is 11.6 Å². The Bertz CT molecular complexity index is 702. The normalized spacial score (nSPS) is 16.0. The van der Waals surface area contributed by atoms with Crippen molar-refractivity contribution in [2.75, 3.05) is 19.6 Å². The highest BCUT2D eigenvalue weighted by molar-refractivity contribution is 6.30. The molecule has 1 aromatic heterocycles. The average Bonchev–Trinajstić information content (AvgIpc) is 2.72. The van der Waals surface area contributed by atoms with Gasteiger partial charge in [-0.2, -0.15) is 0 Å². The van der Waals surface area contributed by atoms with Crippen molar-refractivity contribution < 1.29 is 4.79 Å². The number of amides is 1. The Labute approximate surface area is 140 Å². The summed E-state index contributed by atoms with van der Waals surface area (Å²) in [5.41, 5.74) is 2.85. The lowest BCUT2D eigenvalue weighted by molar-refractivity contribution is -0.120. The largest absolute Gasteiger partial charge is 0.355 e. The van der Waals surface area contributed by atoms with Gasteiger partial charge >= 0.3 is 0 Å². The number of carbonyl (C=O) groups is 1. The number of carbonyl (C=O) groups excluding carboxylic acids is 1. The molecule has 1 aromatic carbocycles. The fourth-order valence-corrected chi connectivity index (χ4v) is 2.77. The topological polar surface area (TPSA) is 58.1 Å². The summed E-state index contributed by atoms with van der Waals surface area (Å²) >= 11 is 5.94. The zero-order valence-corrected chi connectivity index (χ0v) is 13.8. The SMILES string of the molecule is Cc1cc(CN2CCNC(=O)CC2)nc(-c2ccc(Cl)cc2)n1. The Kier molecular flexibility index (Phi) is 4.88. The van der Waals surface area contributed by atoms with E-state index in [1.807, 2.05) is 37.3 Å². The lowest BCUT2D eigenvalue weighted by atomic mass is 10.2. The lowest BCUT2D eigenvalue weighted by Crippen LogP contribution is -2.28. The Hall–Kier alpha value is -1.98. The van der Waals surface area contributed by atoms with Crippen molar-refractivity contribution in [1.82, 2.24) is 20.2 Å². The molecule has 0 aliphatic carbocycles. The number of halogens is 1. The van der Waals surface area contributed by atoms with E-state index in [0.29, 0.717) is 23.8 Å².